The minimum Gasteiger partial charge on any atom is -0.462 e. The highest BCUT2D eigenvalue weighted by Gasteiger charge is 2.27. The average Bonchev–Trinajstić information content (AvgIpc) is 3.13. The van der Waals surface area contributed by atoms with Crippen molar-refractivity contribution in [3.8, 4) is 0 Å². The Morgan fingerprint density at radius 3 is 2.65 bits per heavy atom. The van der Waals surface area contributed by atoms with Crippen LogP contribution in [0.4, 0.5) is 0 Å². The number of thiophene rings is 1. The molecule has 0 aromatic carbocycles. The Kier molecular flexibility index (Phi) is 5.26. The van der Waals surface area contributed by atoms with Gasteiger partial charge in [0.1, 0.15) is 5.69 Å². The predicted molar refractivity (Wildman–Crippen MR) is 91.1 cm³/mol. The van der Waals surface area contributed by atoms with Crippen LogP contribution in [0.2, 0.25) is 0 Å². The Labute approximate surface area is 140 Å². The number of carbonyl (C=O) groups excluding carboxylic acids is 2. The minimum atomic E-state index is -0.397. The van der Waals surface area contributed by atoms with E-state index in [0.29, 0.717) is 29.1 Å². The zero-order chi connectivity index (χ0) is 17.1. The molecule has 1 amide bonds. The van der Waals surface area contributed by atoms with Crippen molar-refractivity contribution in [2.24, 2.45) is 0 Å². The summed E-state index contributed by atoms with van der Waals surface area (Å²) < 4.78 is 5.07. The van der Waals surface area contributed by atoms with Crippen LogP contribution in [0.25, 0.3) is 0 Å². The summed E-state index contributed by atoms with van der Waals surface area (Å²) in [6, 6.07) is 3.95. The van der Waals surface area contributed by atoms with Gasteiger partial charge in [0.25, 0.3) is 5.91 Å². The Balaban J connectivity index is 2.29. The Bertz CT molecular complexity index is 704. The third-order valence-electron chi connectivity index (χ3n) is 3.99. The maximum Gasteiger partial charge on any atom is 0.340 e. The van der Waals surface area contributed by atoms with Crippen LogP contribution in [0.3, 0.4) is 0 Å². The number of aromatic amines is 1. The maximum atomic E-state index is 12.8. The third kappa shape index (κ3) is 3.32. The second kappa shape index (κ2) is 7.00. The van der Waals surface area contributed by atoms with Crippen LogP contribution in [0.15, 0.2) is 17.5 Å². The molecular weight excluding hydrogens is 312 g/mol. The summed E-state index contributed by atoms with van der Waals surface area (Å²) in [7, 11) is 1.77. The molecule has 0 saturated carbocycles. The molecule has 0 spiro atoms. The average molecular weight is 334 g/mol. The summed E-state index contributed by atoms with van der Waals surface area (Å²) >= 11 is 1.62. The first-order valence-corrected chi connectivity index (χ1v) is 8.43. The number of esters is 1. The van der Waals surface area contributed by atoms with Gasteiger partial charge in [-0.05, 0) is 44.7 Å². The maximum absolute atomic E-state index is 12.8. The second-order valence-electron chi connectivity index (χ2n) is 5.45. The lowest BCUT2D eigenvalue weighted by atomic mass is 10.1. The monoisotopic (exact) mass is 334 g/mol. The standard InChI is InChI=1S/C17H22N2O3S/c1-6-22-17(21)14-10(2)15(18-11(14)3)16(20)19(5)12(4)13-8-7-9-23-13/h7-9,12,18H,6H2,1-5H3/t12-/m1/s1. The highest BCUT2D eigenvalue weighted by molar-refractivity contribution is 7.10. The normalized spacial score (nSPS) is 12.0. The zero-order valence-electron chi connectivity index (χ0n) is 14.1. The number of H-pyrrole nitrogens is 1. The van der Waals surface area contributed by atoms with E-state index in [0.717, 1.165) is 4.88 Å². The molecule has 2 heterocycles. The first kappa shape index (κ1) is 17.3. The van der Waals surface area contributed by atoms with Gasteiger partial charge in [-0.25, -0.2) is 4.79 Å². The fourth-order valence-corrected chi connectivity index (χ4v) is 3.37. The van der Waals surface area contributed by atoms with Crippen molar-refractivity contribution < 1.29 is 14.3 Å². The third-order valence-corrected chi connectivity index (χ3v) is 5.03. The lowest BCUT2D eigenvalue weighted by Crippen LogP contribution is -2.30. The molecule has 6 heteroatoms. The number of hydrogen-bond acceptors (Lipinski definition) is 4. The molecule has 0 unspecified atom stereocenters. The highest BCUT2D eigenvalue weighted by atomic mass is 32.1. The second-order valence-corrected chi connectivity index (χ2v) is 6.43. The lowest BCUT2D eigenvalue weighted by Gasteiger charge is -2.24. The van der Waals surface area contributed by atoms with E-state index < -0.39 is 5.97 Å². The molecule has 0 aliphatic rings. The van der Waals surface area contributed by atoms with Crippen molar-refractivity contribution in [3.63, 3.8) is 0 Å². The molecule has 0 fully saturated rings. The van der Waals surface area contributed by atoms with E-state index in [9.17, 15) is 9.59 Å². The van der Waals surface area contributed by atoms with Crippen LogP contribution in [0, 0.1) is 13.8 Å². The molecule has 1 atom stereocenters. The van der Waals surface area contributed by atoms with Crippen molar-refractivity contribution in [2.75, 3.05) is 13.7 Å². The van der Waals surface area contributed by atoms with Gasteiger partial charge in [0.05, 0.1) is 18.2 Å². The van der Waals surface area contributed by atoms with Crippen LogP contribution >= 0.6 is 11.3 Å². The van der Waals surface area contributed by atoms with Gasteiger partial charge in [-0.15, -0.1) is 11.3 Å². The summed E-state index contributed by atoms with van der Waals surface area (Å²) in [6.45, 7) is 7.60. The summed E-state index contributed by atoms with van der Waals surface area (Å²) in [5, 5.41) is 1.99. The molecule has 0 bridgehead atoms. The van der Waals surface area contributed by atoms with E-state index in [1.807, 2.05) is 24.4 Å². The van der Waals surface area contributed by atoms with Crippen LogP contribution in [-0.2, 0) is 4.74 Å². The molecule has 1 N–H and O–H groups in total. The van der Waals surface area contributed by atoms with Gasteiger partial charge in [-0.2, -0.15) is 0 Å². The van der Waals surface area contributed by atoms with Crippen LogP contribution in [-0.4, -0.2) is 35.4 Å². The van der Waals surface area contributed by atoms with Gasteiger partial charge in [-0.3, -0.25) is 4.79 Å². The number of rotatable bonds is 5. The van der Waals surface area contributed by atoms with Gasteiger partial charge < -0.3 is 14.6 Å². The van der Waals surface area contributed by atoms with Crippen molar-refractivity contribution in [3.05, 3.63) is 44.9 Å². The number of hydrogen-bond donors (Lipinski definition) is 1. The summed E-state index contributed by atoms with van der Waals surface area (Å²) in [4.78, 5) is 30.7. The number of nitrogens with one attached hydrogen (secondary N) is 1. The van der Waals surface area contributed by atoms with Crippen molar-refractivity contribution in [2.45, 2.75) is 33.7 Å². The zero-order valence-corrected chi connectivity index (χ0v) is 14.9. The predicted octanol–water partition coefficient (Wildman–Crippen LogP) is 3.70. The van der Waals surface area contributed by atoms with Gasteiger partial charge >= 0.3 is 5.97 Å². The molecule has 2 aromatic rings. The van der Waals surface area contributed by atoms with Gasteiger partial charge in [-0.1, -0.05) is 6.07 Å². The Hall–Kier alpha value is -2.08. The van der Waals surface area contributed by atoms with Gasteiger partial charge in [0.15, 0.2) is 0 Å². The molecule has 0 radical (unpaired) electrons. The Morgan fingerprint density at radius 2 is 2.09 bits per heavy atom. The smallest absolute Gasteiger partial charge is 0.340 e. The van der Waals surface area contributed by atoms with E-state index in [-0.39, 0.29) is 11.9 Å². The summed E-state index contributed by atoms with van der Waals surface area (Å²) in [6.07, 6.45) is 0. The molecular formula is C17H22N2O3S. The molecule has 0 aliphatic carbocycles. The summed E-state index contributed by atoms with van der Waals surface area (Å²) in [5.41, 5.74) is 2.18. The van der Waals surface area contributed by atoms with Gasteiger partial charge in [0.2, 0.25) is 0 Å². The topological polar surface area (TPSA) is 62.4 Å². The number of nitrogens with zero attached hydrogens (tertiary/aromatic N) is 1. The number of aryl methyl sites for hydroxylation is 1. The highest BCUT2D eigenvalue weighted by Crippen LogP contribution is 2.26. The first-order valence-electron chi connectivity index (χ1n) is 7.55. The van der Waals surface area contributed by atoms with Crippen molar-refractivity contribution >= 4 is 23.2 Å². The SMILES string of the molecule is CCOC(=O)c1c(C)[nH]c(C(=O)N(C)[C@H](C)c2cccs2)c1C. The largest absolute Gasteiger partial charge is 0.462 e. The van der Waals surface area contributed by atoms with Crippen molar-refractivity contribution in [1.29, 1.82) is 0 Å². The van der Waals surface area contributed by atoms with Crippen LogP contribution in [0.1, 0.15) is 56.9 Å². The number of amides is 1. The van der Waals surface area contributed by atoms with Crippen molar-refractivity contribution in [1.82, 2.24) is 9.88 Å². The van der Waals surface area contributed by atoms with Gasteiger partial charge in [0, 0.05) is 17.6 Å². The number of carbonyl (C=O) groups is 2. The molecule has 0 aliphatic heterocycles. The van der Waals surface area contributed by atoms with Crippen LogP contribution in [0.5, 0.6) is 0 Å². The minimum absolute atomic E-state index is 0.0310. The fourth-order valence-electron chi connectivity index (χ4n) is 2.55. The number of ether oxygens (including phenoxy) is 1. The van der Waals surface area contributed by atoms with E-state index >= 15 is 0 Å². The molecule has 5 nitrogen and oxygen atoms in total. The molecule has 2 aromatic heterocycles. The first-order chi connectivity index (χ1) is 10.9. The lowest BCUT2D eigenvalue weighted by molar-refractivity contribution is 0.0525. The Morgan fingerprint density at radius 1 is 1.39 bits per heavy atom. The summed E-state index contributed by atoms with van der Waals surface area (Å²) in [5.74, 6) is -0.534. The molecule has 2 rings (SSSR count). The van der Waals surface area contributed by atoms with E-state index in [1.165, 1.54) is 0 Å². The van der Waals surface area contributed by atoms with E-state index in [2.05, 4.69) is 4.98 Å². The molecule has 23 heavy (non-hydrogen) atoms. The molecule has 124 valence electrons. The fraction of sp³-hybridized carbons (Fsp3) is 0.412. The quantitative estimate of drug-likeness (QED) is 0.848. The van der Waals surface area contributed by atoms with E-state index in [1.54, 1.807) is 44.1 Å². The van der Waals surface area contributed by atoms with E-state index in [4.69, 9.17) is 4.74 Å². The molecule has 0 saturated heterocycles. The van der Waals surface area contributed by atoms with Crippen LogP contribution < -0.4 is 0 Å². The number of aromatic nitrogens is 1.